The van der Waals surface area contributed by atoms with Crippen molar-refractivity contribution in [3.63, 3.8) is 0 Å². The molecule has 7 heteroatoms. The molecule has 0 aliphatic carbocycles. The van der Waals surface area contributed by atoms with E-state index in [1.807, 2.05) is 22.6 Å². The minimum Gasteiger partial charge on any atom is -0.478 e. The van der Waals surface area contributed by atoms with E-state index in [-0.39, 0.29) is 11.3 Å². The highest BCUT2D eigenvalue weighted by molar-refractivity contribution is 14.1. The fourth-order valence-corrected chi connectivity index (χ4v) is 2.21. The number of carboxylic acid groups (broad SMARTS) is 1. The average molecular weight is 362 g/mol. The number of hydrogen-bond acceptors (Lipinski definition) is 5. The highest BCUT2D eigenvalue weighted by atomic mass is 127. The summed E-state index contributed by atoms with van der Waals surface area (Å²) >= 11 is 3.31. The maximum Gasteiger partial charge on any atom is 0.339 e. The van der Waals surface area contributed by atoms with Gasteiger partial charge in [-0.25, -0.2) is 4.79 Å². The number of nitrogens with zero attached hydrogens (tertiary/aromatic N) is 2. The summed E-state index contributed by atoms with van der Waals surface area (Å²) in [7, 11) is 0. The van der Waals surface area contributed by atoms with Gasteiger partial charge in [-0.15, -0.1) is 5.10 Å². The molecule has 88 valence electrons. The van der Waals surface area contributed by atoms with Gasteiger partial charge in [-0.1, -0.05) is 16.4 Å². The highest BCUT2D eigenvalue weighted by Crippen LogP contribution is 2.28. The molecule has 0 radical (unpaired) electrons. The quantitative estimate of drug-likeness (QED) is 0.850. The van der Waals surface area contributed by atoms with E-state index in [1.54, 1.807) is 25.1 Å². The number of benzene rings is 1. The number of rotatable bonds is 3. The van der Waals surface area contributed by atoms with Crippen molar-refractivity contribution in [2.45, 2.75) is 6.92 Å². The Morgan fingerprint density at radius 2 is 2.24 bits per heavy atom. The molecule has 0 aliphatic rings. The van der Waals surface area contributed by atoms with Crippen LogP contribution in [0.3, 0.4) is 0 Å². The summed E-state index contributed by atoms with van der Waals surface area (Å²) < 4.78 is 6.24. The van der Waals surface area contributed by atoms with Crippen molar-refractivity contribution >= 4 is 39.9 Å². The molecular weight excluding hydrogens is 355 g/mol. The molecule has 0 saturated heterocycles. The van der Waals surface area contributed by atoms with Crippen molar-refractivity contribution < 1.29 is 14.6 Å². The Bertz CT molecular complexity index is 570. The molecule has 17 heavy (non-hydrogen) atoms. The van der Waals surface area contributed by atoms with Gasteiger partial charge in [0.15, 0.2) is 0 Å². The molecule has 1 heterocycles. The molecule has 0 aliphatic heterocycles. The van der Waals surface area contributed by atoms with Crippen LogP contribution in [0.25, 0.3) is 0 Å². The maximum absolute atomic E-state index is 11.1. The first-order chi connectivity index (χ1) is 8.06. The van der Waals surface area contributed by atoms with E-state index >= 15 is 0 Å². The SMILES string of the molecule is Cc1nnc(Oc2ccc(I)cc2C(=O)O)s1. The third kappa shape index (κ3) is 2.91. The third-order valence-corrected chi connectivity index (χ3v) is 3.26. The Morgan fingerprint density at radius 1 is 1.47 bits per heavy atom. The summed E-state index contributed by atoms with van der Waals surface area (Å²) in [5.41, 5.74) is 0.116. The molecular formula is C10H7IN2O3S. The van der Waals surface area contributed by atoms with Crippen LogP contribution in [-0.2, 0) is 0 Å². The second-order valence-electron chi connectivity index (χ2n) is 3.13. The van der Waals surface area contributed by atoms with Crippen molar-refractivity contribution in [1.29, 1.82) is 0 Å². The van der Waals surface area contributed by atoms with Crippen molar-refractivity contribution in [2.75, 3.05) is 0 Å². The molecule has 2 rings (SSSR count). The molecule has 1 aromatic heterocycles. The third-order valence-electron chi connectivity index (χ3n) is 1.88. The molecule has 0 amide bonds. The van der Waals surface area contributed by atoms with E-state index in [4.69, 9.17) is 9.84 Å². The van der Waals surface area contributed by atoms with Gasteiger partial charge < -0.3 is 9.84 Å². The number of aromatic nitrogens is 2. The van der Waals surface area contributed by atoms with Crippen molar-refractivity contribution in [2.24, 2.45) is 0 Å². The van der Waals surface area contributed by atoms with Gasteiger partial charge in [0.05, 0.1) is 0 Å². The molecule has 0 atom stereocenters. The number of carboxylic acids is 1. The molecule has 0 bridgehead atoms. The Hall–Kier alpha value is -1.22. The van der Waals surface area contributed by atoms with E-state index in [0.29, 0.717) is 5.19 Å². The van der Waals surface area contributed by atoms with Crippen LogP contribution in [0.4, 0.5) is 0 Å². The summed E-state index contributed by atoms with van der Waals surface area (Å²) in [4.78, 5) is 11.1. The van der Waals surface area contributed by atoms with Crippen LogP contribution >= 0.6 is 33.9 Å². The molecule has 5 nitrogen and oxygen atoms in total. The largest absolute Gasteiger partial charge is 0.478 e. The number of hydrogen-bond donors (Lipinski definition) is 1. The first-order valence-corrected chi connectivity index (χ1v) is 6.46. The smallest absolute Gasteiger partial charge is 0.339 e. The Labute approximate surface area is 115 Å². The van der Waals surface area contributed by atoms with Gasteiger partial charge in [-0.2, -0.15) is 0 Å². The lowest BCUT2D eigenvalue weighted by Gasteiger charge is -2.05. The van der Waals surface area contributed by atoms with Crippen molar-refractivity contribution in [1.82, 2.24) is 10.2 Å². The van der Waals surface area contributed by atoms with Crippen LogP contribution in [0.2, 0.25) is 0 Å². The van der Waals surface area contributed by atoms with E-state index in [2.05, 4.69) is 10.2 Å². The summed E-state index contributed by atoms with van der Waals surface area (Å²) in [5.74, 6) is -0.756. The first kappa shape index (κ1) is 12.2. The molecule has 0 fully saturated rings. The predicted octanol–water partition coefficient (Wildman–Crippen LogP) is 2.94. The fraction of sp³-hybridized carbons (Fsp3) is 0.100. The second kappa shape index (κ2) is 4.96. The van der Waals surface area contributed by atoms with Gasteiger partial charge >= 0.3 is 5.97 Å². The monoisotopic (exact) mass is 362 g/mol. The first-order valence-electron chi connectivity index (χ1n) is 4.57. The van der Waals surface area contributed by atoms with Gasteiger partial charge in [-0.3, -0.25) is 0 Å². The van der Waals surface area contributed by atoms with E-state index in [0.717, 1.165) is 8.58 Å². The number of ether oxygens (including phenoxy) is 1. The van der Waals surface area contributed by atoms with Crippen LogP contribution < -0.4 is 4.74 Å². The number of halogens is 1. The average Bonchev–Trinajstić information content (AvgIpc) is 2.66. The normalized spacial score (nSPS) is 10.2. The molecule has 0 spiro atoms. The topological polar surface area (TPSA) is 72.3 Å². The van der Waals surface area contributed by atoms with Gasteiger partial charge in [0.1, 0.15) is 16.3 Å². The van der Waals surface area contributed by atoms with E-state index < -0.39 is 5.97 Å². The summed E-state index contributed by atoms with van der Waals surface area (Å²) in [5, 5.41) is 17.7. The summed E-state index contributed by atoms with van der Waals surface area (Å²) in [6.45, 7) is 1.80. The van der Waals surface area contributed by atoms with Crippen LogP contribution in [0.1, 0.15) is 15.4 Å². The number of carbonyl (C=O) groups is 1. The molecule has 0 unspecified atom stereocenters. The van der Waals surface area contributed by atoms with Gasteiger partial charge in [0.2, 0.25) is 0 Å². The standard InChI is InChI=1S/C10H7IN2O3S/c1-5-12-13-10(17-5)16-8-3-2-6(11)4-7(8)9(14)15/h2-4H,1H3,(H,14,15). The molecule has 2 aromatic rings. The maximum atomic E-state index is 11.1. The zero-order valence-electron chi connectivity index (χ0n) is 8.68. The lowest BCUT2D eigenvalue weighted by atomic mass is 10.2. The molecule has 1 N–H and O–H groups in total. The van der Waals surface area contributed by atoms with Gasteiger partial charge in [-0.05, 0) is 47.7 Å². The van der Waals surface area contributed by atoms with Crippen molar-refractivity contribution in [3.8, 4) is 10.9 Å². The molecule has 0 saturated carbocycles. The zero-order chi connectivity index (χ0) is 12.4. The minimum absolute atomic E-state index is 0.116. The second-order valence-corrected chi connectivity index (χ2v) is 5.52. The highest BCUT2D eigenvalue weighted by Gasteiger charge is 2.14. The summed E-state index contributed by atoms with van der Waals surface area (Å²) in [6, 6.07) is 4.93. The minimum atomic E-state index is -1.03. The van der Waals surface area contributed by atoms with Crippen LogP contribution in [0, 0.1) is 10.5 Å². The lowest BCUT2D eigenvalue weighted by Crippen LogP contribution is -2.00. The van der Waals surface area contributed by atoms with Crippen LogP contribution in [0.15, 0.2) is 18.2 Å². The van der Waals surface area contributed by atoms with E-state index in [1.165, 1.54) is 11.3 Å². The Morgan fingerprint density at radius 3 is 2.82 bits per heavy atom. The Kier molecular flexibility index (Phi) is 3.57. The predicted molar refractivity (Wildman–Crippen MR) is 70.8 cm³/mol. The van der Waals surface area contributed by atoms with Gasteiger partial charge in [0, 0.05) is 3.57 Å². The number of aromatic carboxylic acids is 1. The van der Waals surface area contributed by atoms with E-state index in [9.17, 15) is 4.79 Å². The van der Waals surface area contributed by atoms with Gasteiger partial charge in [0.25, 0.3) is 5.19 Å². The fourth-order valence-electron chi connectivity index (χ4n) is 1.17. The van der Waals surface area contributed by atoms with Crippen LogP contribution in [-0.4, -0.2) is 21.3 Å². The summed E-state index contributed by atoms with van der Waals surface area (Å²) in [6.07, 6.45) is 0. The zero-order valence-corrected chi connectivity index (χ0v) is 11.7. The number of aryl methyl sites for hydroxylation is 1. The van der Waals surface area contributed by atoms with Crippen LogP contribution in [0.5, 0.6) is 10.9 Å². The lowest BCUT2D eigenvalue weighted by molar-refractivity contribution is 0.0694. The van der Waals surface area contributed by atoms with Crippen molar-refractivity contribution in [3.05, 3.63) is 32.3 Å². The Balaban J connectivity index is 2.35. The molecule has 1 aromatic carbocycles.